The zero-order chi connectivity index (χ0) is 20.3. The molecule has 152 valence electrons. The van der Waals surface area contributed by atoms with Crippen LogP contribution in [0.4, 0.5) is 0 Å². The topological polar surface area (TPSA) is 143 Å². The second-order valence-corrected chi connectivity index (χ2v) is 7.33. The standard InChI is InChI=1S/C18H20O9S/c19-15-14(10-25-28(22,23)24)27-18(17(21)16(15)20)26-13-8-6-12(7-9-13)11-4-2-1-3-5-11/h1-9,14-21H,10H2,(H,22,23,24)/t14-,15-,16+,17-,18-/m1/s1. The molecule has 0 radical (unpaired) electrons. The number of benzene rings is 2. The first-order valence-corrected chi connectivity index (χ1v) is 9.75. The van der Waals surface area contributed by atoms with Gasteiger partial charge in [-0.2, -0.15) is 8.42 Å². The van der Waals surface area contributed by atoms with Gasteiger partial charge in [0.2, 0.25) is 6.29 Å². The smallest absolute Gasteiger partial charge is 0.397 e. The Morgan fingerprint density at radius 3 is 2.07 bits per heavy atom. The molecule has 1 heterocycles. The largest absolute Gasteiger partial charge is 0.462 e. The maximum atomic E-state index is 10.7. The molecule has 1 aliphatic heterocycles. The minimum absolute atomic E-state index is 0.321. The average Bonchev–Trinajstić information content (AvgIpc) is 2.68. The summed E-state index contributed by atoms with van der Waals surface area (Å²) in [6.07, 6.45) is -7.65. The van der Waals surface area contributed by atoms with E-state index in [1.807, 2.05) is 30.3 Å². The maximum absolute atomic E-state index is 10.7. The zero-order valence-corrected chi connectivity index (χ0v) is 15.3. The van der Waals surface area contributed by atoms with Gasteiger partial charge < -0.3 is 24.8 Å². The Kier molecular flexibility index (Phi) is 6.30. The number of rotatable bonds is 6. The average molecular weight is 412 g/mol. The van der Waals surface area contributed by atoms with E-state index in [0.29, 0.717) is 5.75 Å². The van der Waals surface area contributed by atoms with Crippen LogP contribution in [0.1, 0.15) is 0 Å². The van der Waals surface area contributed by atoms with Crippen molar-refractivity contribution < 1.29 is 41.9 Å². The van der Waals surface area contributed by atoms with Gasteiger partial charge in [0.15, 0.2) is 0 Å². The van der Waals surface area contributed by atoms with Gasteiger partial charge in [-0.3, -0.25) is 4.55 Å². The van der Waals surface area contributed by atoms with Crippen LogP contribution >= 0.6 is 0 Å². The van der Waals surface area contributed by atoms with Gasteiger partial charge in [-0.25, -0.2) is 4.18 Å². The summed E-state index contributed by atoms with van der Waals surface area (Å²) < 4.78 is 45.1. The third-order valence-electron chi connectivity index (χ3n) is 4.26. The summed E-state index contributed by atoms with van der Waals surface area (Å²) in [5.74, 6) is 0.321. The molecule has 0 aliphatic carbocycles. The summed E-state index contributed by atoms with van der Waals surface area (Å²) >= 11 is 0. The molecule has 1 saturated heterocycles. The second kappa shape index (κ2) is 8.53. The van der Waals surface area contributed by atoms with Crippen LogP contribution in [0.5, 0.6) is 5.75 Å². The summed E-state index contributed by atoms with van der Waals surface area (Å²) in [6, 6.07) is 16.5. The lowest BCUT2D eigenvalue weighted by atomic mass is 9.99. The quantitative estimate of drug-likeness (QED) is 0.495. The molecule has 0 saturated carbocycles. The van der Waals surface area contributed by atoms with Crippen molar-refractivity contribution in [2.24, 2.45) is 0 Å². The number of aliphatic hydroxyl groups is 3. The fourth-order valence-corrected chi connectivity index (χ4v) is 3.10. The first-order valence-electron chi connectivity index (χ1n) is 8.38. The molecule has 4 N–H and O–H groups in total. The van der Waals surface area contributed by atoms with Crippen LogP contribution in [-0.2, 0) is 19.3 Å². The monoisotopic (exact) mass is 412 g/mol. The van der Waals surface area contributed by atoms with E-state index in [1.165, 1.54) is 0 Å². The van der Waals surface area contributed by atoms with Crippen LogP contribution in [0.25, 0.3) is 11.1 Å². The molecular formula is C18H20O9S. The molecule has 0 amide bonds. The molecule has 28 heavy (non-hydrogen) atoms. The molecule has 3 rings (SSSR count). The molecule has 10 heteroatoms. The number of hydrogen-bond acceptors (Lipinski definition) is 8. The SMILES string of the molecule is O=S(=O)(O)OC[C@H]1O[C@@H](Oc2ccc(-c3ccccc3)cc2)[C@H](O)[C@@H](O)[C@@H]1O. The summed E-state index contributed by atoms with van der Waals surface area (Å²) in [6.45, 7) is -0.767. The molecule has 5 atom stereocenters. The van der Waals surface area contributed by atoms with Crippen molar-refractivity contribution in [2.75, 3.05) is 6.61 Å². The van der Waals surface area contributed by atoms with Gasteiger partial charge in [0.1, 0.15) is 30.2 Å². The fraction of sp³-hybridized carbons (Fsp3) is 0.333. The highest BCUT2D eigenvalue weighted by atomic mass is 32.3. The normalized spacial score (nSPS) is 28.1. The van der Waals surface area contributed by atoms with Crippen molar-refractivity contribution in [3.05, 3.63) is 54.6 Å². The Balaban J connectivity index is 1.69. The molecule has 1 fully saturated rings. The molecule has 1 aliphatic rings. The van der Waals surface area contributed by atoms with Crippen LogP contribution in [0, 0.1) is 0 Å². The van der Waals surface area contributed by atoms with Crippen LogP contribution in [0.3, 0.4) is 0 Å². The van der Waals surface area contributed by atoms with Gasteiger partial charge in [-0.15, -0.1) is 0 Å². The first kappa shape index (κ1) is 20.7. The number of ether oxygens (including phenoxy) is 2. The van der Waals surface area contributed by atoms with Gasteiger partial charge in [-0.05, 0) is 23.3 Å². The lowest BCUT2D eigenvalue weighted by molar-refractivity contribution is -0.276. The van der Waals surface area contributed by atoms with Gasteiger partial charge in [-0.1, -0.05) is 42.5 Å². The van der Waals surface area contributed by atoms with Crippen molar-refractivity contribution in [3.8, 4) is 16.9 Å². The van der Waals surface area contributed by atoms with Crippen LogP contribution in [0.15, 0.2) is 54.6 Å². The van der Waals surface area contributed by atoms with Gasteiger partial charge >= 0.3 is 10.4 Å². The zero-order valence-electron chi connectivity index (χ0n) is 14.5. The van der Waals surface area contributed by atoms with Crippen molar-refractivity contribution in [2.45, 2.75) is 30.7 Å². The second-order valence-electron chi connectivity index (χ2n) is 6.24. The minimum atomic E-state index is -4.76. The highest BCUT2D eigenvalue weighted by Gasteiger charge is 2.45. The van der Waals surface area contributed by atoms with Crippen molar-refractivity contribution in [1.82, 2.24) is 0 Å². The van der Waals surface area contributed by atoms with Gasteiger partial charge in [0, 0.05) is 0 Å². The highest BCUT2D eigenvalue weighted by molar-refractivity contribution is 7.80. The molecular weight excluding hydrogens is 392 g/mol. The van der Waals surface area contributed by atoms with Crippen LogP contribution < -0.4 is 4.74 Å². The number of aliphatic hydroxyl groups excluding tert-OH is 3. The minimum Gasteiger partial charge on any atom is -0.462 e. The molecule has 0 spiro atoms. The molecule has 0 aromatic heterocycles. The molecule has 2 aromatic carbocycles. The molecule has 2 aromatic rings. The van der Waals surface area contributed by atoms with E-state index in [0.717, 1.165) is 11.1 Å². The predicted molar refractivity (Wildman–Crippen MR) is 96.7 cm³/mol. The summed E-state index contributed by atoms with van der Waals surface area (Å²) in [7, 11) is -4.76. The lowest BCUT2D eigenvalue weighted by Gasteiger charge is -2.39. The van der Waals surface area contributed by atoms with E-state index in [-0.39, 0.29) is 0 Å². The Morgan fingerprint density at radius 2 is 1.46 bits per heavy atom. The summed E-state index contributed by atoms with van der Waals surface area (Å²) in [5, 5.41) is 29.9. The van der Waals surface area contributed by atoms with Crippen molar-refractivity contribution in [1.29, 1.82) is 0 Å². The molecule has 0 unspecified atom stereocenters. The number of hydrogen-bond donors (Lipinski definition) is 4. The van der Waals surface area contributed by atoms with E-state index in [9.17, 15) is 23.7 Å². The van der Waals surface area contributed by atoms with Gasteiger partial charge in [0.05, 0.1) is 6.61 Å². The Bertz CT molecular complexity index is 870. The van der Waals surface area contributed by atoms with E-state index >= 15 is 0 Å². The maximum Gasteiger partial charge on any atom is 0.397 e. The summed E-state index contributed by atoms with van der Waals surface area (Å²) in [4.78, 5) is 0. The lowest BCUT2D eigenvalue weighted by Crippen LogP contribution is -2.60. The Morgan fingerprint density at radius 1 is 0.857 bits per heavy atom. The predicted octanol–water partition coefficient (Wildman–Crippen LogP) is 0.359. The van der Waals surface area contributed by atoms with Crippen LogP contribution in [-0.4, -0.2) is 65.6 Å². The van der Waals surface area contributed by atoms with Gasteiger partial charge in [0.25, 0.3) is 0 Å². The fourth-order valence-electron chi connectivity index (χ4n) is 2.80. The summed E-state index contributed by atoms with van der Waals surface area (Å²) in [5.41, 5.74) is 1.94. The Labute approximate surface area is 161 Å². The third kappa shape index (κ3) is 5.06. The van der Waals surface area contributed by atoms with Crippen LogP contribution in [0.2, 0.25) is 0 Å². The third-order valence-corrected chi connectivity index (χ3v) is 4.70. The van der Waals surface area contributed by atoms with Crippen molar-refractivity contribution in [3.63, 3.8) is 0 Å². The van der Waals surface area contributed by atoms with E-state index in [2.05, 4.69) is 4.18 Å². The van der Waals surface area contributed by atoms with E-state index in [4.69, 9.17) is 14.0 Å². The first-order chi connectivity index (χ1) is 13.2. The molecule has 9 nitrogen and oxygen atoms in total. The van der Waals surface area contributed by atoms with E-state index < -0.39 is 47.7 Å². The highest BCUT2D eigenvalue weighted by Crippen LogP contribution is 2.27. The molecule has 0 bridgehead atoms. The van der Waals surface area contributed by atoms with Crippen molar-refractivity contribution >= 4 is 10.4 Å². The van der Waals surface area contributed by atoms with E-state index in [1.54, 1.807) is 24.3 Å². The Hall–Kier alpha value is -2.05.